The summed E-state index contributed by atoms with van der Waals surface area (Å²) >= 11 is 4.46. The van der Waals surface area contributed by atoms with Gasteiger partial charge in [-0.2, -0.15) is 4.31 Å². The average Bonchev–Trinajstić information content (AvgIpc) is 3.24. The second-order valence-corrected chi connectivity index (χ2v) is 11.0. The van der Waals surface area contributed by atoms with Crippen molar-refractivity contribution in [2.24, 2.45) is 0 Å². The lowest BCUT2D eigenvalue weighted by molar-refractivity contribution is -0.124. The number of hydrogen-bond acceptors (Lipinski definition) is 4. The maximum absolute atomic E-state index is 12.9. The van der Waals surface area contributed by atoms with Crippen molar-refractivity contribution < 1.29 is 13.2 Å². The van der Waals surface area contributed by atoms with Crippen molar-refractivity contribution in [2.75, 3.05) is 6.54 Å². The van der Waals surface area contributed by atoms with Crippen molar-refractivity contribution in [2.45, 2.75) is 43.0 Å². The number of rotatable bonds is 5. The molecule has 0 spiro atoms. The molecule has 0 saturated carbocycles. The molecule has 0 aliphatic carbocycles. The van der Waals surface area contributed by atoms with Gasteiger partial charge in [0.2, 0.25) is 5.91 Å². The Morgan fingerprint density at radius 2 is 2.04 bits per heavy atom. The van der Waals surface area contributed by atoms with Gasteiger partial charge in [0.05, 0.1) is 9.83 Å². The highest BCUT2D eigenvalue weighted by Gasteiger charge is 2.40. The zero-order valence-electron chi connectivity index (χ0n) is 14.6. The van der Waals surface area contributed by atoms with Gasteiger partial charge in [0, 0.05) is 6.54 Å². The number of carbonyl (C=O) groups is 1. The molecule has 1 N–H and O–H groups in total. The second kappa shape index (κ2) is 7.80. The largest absolute Gasteiger partial charge is 0.348 e. The van der Waals surface area contributed by atoms with Gasteiger partial charge in [0.1, 0.15) is 10.3 Å². The van der Waals surface area contributed by atoms with Crippen LogP contribution in [0.5, 0.6) is 0 Å². The van der Waals surface area contributed by atoms with Crippen LogP contribution in [0.15, 0.2) is 44.4 Å². The molecule has 2 aromatic rings. The van der Waals surface area contributed by atoms with E-state index in [1.807, 2.05) is 38.1 Å². The van der Waals surface area contributed by atoms with E-state index in [9.17, 15) is 13.2 Å². The molecule has 3 rings (SSSR count). The maximum Gasteiger partial charge on any atom is 0.253 e. The summed E-state index contributed by atoms with van der Waals surface area (Å²) in [6.45, 7) is 4.29. The zero-order valence-corrected chi connectivity index (χ0v) is 17.8. The van der Waals surface area contributed by atoms with Crippen LogP contribution in [0.1, 0.15) is 36.9 Å². The summed E-state index contributed by atoms with van der Waals surface area (Å²) in [5, 5.41) is 2.99. The third-order valence-corrected chi connectivity index (χ3v) is 8.63. The van der Waals surface area contributed by atoms with Gasteiger partial charge in [0.15, 0.2) is 0 Å². The van der Waals surface area contributed by atoms with Crippen LogP contribution >= 0.6 is 27.3 Å². The van der Waals surface area contributed by atoms with Gasteiger partial charge in [-0.05, 0) is 65.9 Å². The second-order valence-electron chi connectivity index (χ2n) is 6.42. The Hall–Kier alpha value is -1.22. The molecular weight excluding hydrogens is 436 g/mol. The number of nitrogens with zero attached hydrogens (tertiary/aromatic N) is 1. The van der Waals surface area contributed by atoms with Gasteiger partial charge in [0.25, 0.3) is 10.0 Å². The minimum absolute atomic E-state index is 0.176. The number of carbonyl (C=O) groups excluding carboxylic acids is 1. The molecule has 1 aromatic carbocycles. The molecule has 2 unspecified atom stereocenters. The fourth-order valence-corrected chi connectivity index (χ4v) is 7.10. The van der Waals surface area contributed by atoms with E-state index in [-0.39, 0.29) is 16.2 Å². The number of aryl methyl sites for hydroxylation is 1. The van der Waals surface area contributed by atoms with Gasteiger partial charge < -0.3 is 5.32 Å². The topological polar surface area (TPSA) is 66.5 Å². The number of benzene rings is 1. The quantitative estimate of drug-likeness (QED) is 0.742. The van der Waals surface area contributed by atoms with Crippen LogP contribution in [0.3, 0.4) is 0 Å². The van der Waals surface area contributed by atoms with Gasteiger partial charge in [-0.1, -0.05) is 24.3 Å². The molecule has 0 bridgehead atoms. The monoisotopic (exact) mass is 456 g/mol. The van der Waals surface area contributed by atoms with Crippen molar-refractivity contribution in [3.05, 3.63) is 51.3 Å². The molecule has 1 aromatic heterocycles. The Labute approximate surface area is 166 Å². The first-order chi connectivity index (χ1) is 12.3. The van der Waals surface area contributed by atoms with E-state index in [1.165, 1.54) is 4.31 Å². The Kier molecular flexibility index (Phi) is 5.86. The molecule has 5 nitrogen and oxygen atoms in total. The van der Waals surface area contributed by atoms with E-state index in [4.69, 9.17) is 0 Å². The summed E-state index contributed by atoms with van der Waals surface area (Å²) in [5.41, 5.74) is 2.13. The molecule has 1 aliphatic rings. The lowest BCUT2D eigenvalue weighted by Gasteiger charge is -2.25. The molecule has 1 amide bonds. The highest BCUT2D eigenvalue weighted by atomic mass is 79.9. The van der Waals surface area contributed by atoms with Crippen molar-refractivity contribution in [3.8, 4) is 0 Å². The Balaban J connectivity index is 1.77. The van der Waals surface area contributed by atoms with E-state index < -0.39 is 16.1 Å². The first kappa shape index (κ1) is 19.5. The molecule has 0 radical (unpaired) electrons. The number of amides is 1. The Bertz CT molecular complexity index is 911. The van der Waals surface area contributed by atoms with Crippen molar-refractivity contribution >= 4 is 43.2 Å². The van der Waals surface area contributed by atoms with E-state index >= 15 is 0 Å². The summed E-state index contributed by atoms with van der Waals surface area (Å²) in [5.74, 6) is -0.238. The standard InChI is InChI=1S/C18H21BrN2O3S2/c1-12-6-3-4-7-14(12)13(2)20-18(22)15-8-5-11-21(15)26(23,24)17-10-9-16(19)25-17/h3-4,6-7,9-10,13,15H,5,8,11H2,1-2H3,(H,20,22). The van der Waals surface area contributed by atoms with Crippen molar-refractivity contribution in [3.63, 3.8) is 0 Å². The predicted molar refractivity (Wildman–Crippen MR) is 107 cm³/mol. The highest BCUT2D eigenvalue weighted by molar-refractivity contribution is 9.11. The van der Waals surface area contributed by atoms with Crippen LogP contribution in [0.2, 0.25) is 0 Å². The van der Waals surface area contributed by atoms with Gasteiger partial charge >= 0.3 is 0 Å². The molecule has 1 saturated heterocycles. The average molecular weight is 457 g/mol. The highest BCUT2D eigenvalue weighted by Crippen LogP contribution is 2.32. The third-order valence-electron chi connectivity index (χ3n) is 4.63. The normalized spacial score (nSPS) is 19.4. The summed E-state index contributed by atoms with van der Waals surface area (Å²) in [4.78, 5) is 12.8. The number of thiophene rings is 1. The van der Waals surface area contributed by atoms with Gasteiger partial charge in [-0.15, -0.1) is 11.3 Å². The van der Waals surface area contributed by atoms with Crippen LogP contribution < -0.4 is 5.32 Å². The molecule has 2 heterocycles. The Morgan fingerprint density at radius 3 is 2.69 bits per heavy atom. The lowest BCUT2D eigenvalue weighted by Crippen LogP contribution is -2.46. The number of nitrogens with one attached hydrogen (secondary N) is 1. The molecular formula is C18H21BrN2O3S2. The van der Waals surface area contributed by atoms with Gasteiger partial charge in [-0.3, -0.25) is 4.79 Å². The smallest absolute Gasteiger partial charge is 0.253 e. The van der Waals surface area contributed by atoms with E-state index in [0.29, 0.717) is 19.4 Å². The molecule has 2 atom stereocenters. The maximum atomic E-state index is 12.9. The predicted octanol–water partition coefficient (Wildman–Crippen LogP) is 3.85. The number of sulfonamides is 1. The van der Waals surface area contributed by atoms with E-state index in [2.05, 4.69) is 21.2 Å². The van der Waals surface area contributed by atoms with Crippen LogP contribution in [0.25, 0.3) is 0 Å². The van der Waals surface area contributed by atoms with Crippen LogP contribution in [0, 0.1) is 6.92 Å². The summed E-state index contributed by atoms with van der Waals surface area (Å²) in [6.07, 6.45) is 1.22. The SMILES string of the molecule is Cc1ccccc1C(C)NC(=O)C1CCCN1S(=O)(=O)c1ccc(Br)s1. The van der Waals surface area contributed by atoms with E-state index in [1.54, 1.807) is 12.1 Å². The summed E-state index contributed by atoms with van der Waals surface area (Å²) in [7, 11) is -3.66. The third kappa shape index (κ3) is 3.88. The van der Waals surface area contributed by atoms with Crippen molar-refractivity contribution in [1.29, 1.82) is 0 Å². The lowest BCUT2D eigenvalue weighted by atomic mass is 10.0. The zero-order chi connectivity index (χ0) is 18.9. The minimum atomic E-state index is -3.66. The minimum Gasteiger partial charge on any atom is -0.348 e. The Morgan fingerprint density at radius 1 is 1.31 bits per heavy atom. The summed E-state index contributed by atoms with van der Waals surface area (Å²) in [6, 6.07) is 10.3. The first-order valence-electron chi connectivity index (χ1n) is 8.44. The molecule has 1 aliphatic heterocycles. The fraction of sp³-hybridized carbons (Fsp3) is 0.389. The van der Waals surface area contributed by atoms with Crippen LogP contribution in [0.4, 0.5) is 0 Å². The van der Waals surface area contributed by atoms with E-state index in [0.717, 1.165) is 26.3 Å². The number of halogens is 1. The van der Waals surface area contributed by atoms with Crippen LogP contribution in [-0.2, 0) is 14.8 Å². The first-order valence-corrected chi connectivity index (χ1v) is 11.5. The van der Waals surface area contributed by atoms with Crippen molar-refractivity contribution in [1.82, 2.24) is 9.62 Å². The van der Waals surface area contributed by atoms with Gasteiger partial charge in [-0.25, -0.2) is 8.42 Å². The molecule has 140 valence electrons. The fourth-order valence-electron chi connectivity index (χ4n) is 3.30. The van der Waals surface area contributed by atoms with Crippen LogP contribution in [-0.4, -0.2) is 31.2 Å². The molecule has 8 heteroatoms. The molecule has 1 fully saturated rings. The summed E-state index contributed by atoms with van der Waals surface area (Å²) < 4.78 is 28.2. The number of hydrogen-bond donors (Lipinski definition) is 1. The molecule has 26 heavy (non-hydrogen) atoms.